The summed E-state index contributed by atoms with van der Waals surface area (Å²) in [4.78, 5) is 13.7. The summed E-state index contributed by atoms with van der Waals surface area (Å²) in [6.07, 6.45) is 0. The van der Waals surface area contributed by atoms with Gasteiger partial charge in [0.25, 0.3) is 0 Å². The van der Waals surface area contributed by atoms with Crippen molar-refractivity contribution in [3.8, 4) is 6.07 Å². The van der Waals surface area contributed by atoms with E-state index in [9.17, 15) is 13.2 Å². The van der Waals surface area contributed by atoms with Crippen molar-refractivity contribution in [2.75, 3.05) is 39.3 Å². The van der Waals surface area contributed by atoms with E-state index < -0.39 is 10.0 Å². The average molecular weight is 336 g/mol. The fraction of sp³-hybridized carbons (Fsp3) is 0.467. The normalized spacial score (nSPS) is 16.7. The average Bonchev–Trinajstić information content (AvgIpc) is 2.55. The number of likely N-dealkylation sites (N-methyl/N-ethyl adjacent to an activating group) is 1. The summed E-state index contributed by atoms with van der Waals surface area (Å²) in [5.74, 6) is -0.0455. The lowest BCUT2D eigenvalue weighted by Crippen LogP contribution is -2.51. The Morgan fingerprint density at radius 3 is 2.35 bits per heavy atom. The van der Waals surface area contributed by atoms with Gasteiger partial charge < -0.3 is 5.32 Å². The summed E-state index contributed by atoms with van der Waals surface area (Å²) in [5.41, 5.74) is 0.427. The third kappa shape index (κ3) is 4.28. The maximum absolute atomic E-state index is 12.6. The number of nitriles is 1. The lowest BCUT2D eigenvalue weighted by molar-refractivity contribution is -0.122. The molecule has 1 N–H and O–H groups in total. The first kappa shape index (κ1) is 17.4. The van der Waals surface area contributed by atoms with Crippen molar-refractivity contribution in [3.05, 3.63) is 29.8 Å². The highest BCUT2D eigenvalue weighted by atomic mass is 32.2. The molecule has 124 valence electrons. The molecule has 0 atom stereocenters. The molecule has 0 saturated carbocycles. The van der Waals surface area contributed by atoms with Crippen molar-refractivity contribution in [3.63, 3.8) is 0 Å². The van der Waals surface area contributed by atoms with E-state index in [-0.39, 0.29) is 10.8 Å². The van der Waals surface area contributed by atoms with Gasteiger partial charge in [0, 0.05) is 32.7 Å². The Morgan fingerprint density at radius 2 is 1.83 bits per heavy atom. The number of benzene rings is 1. The zero-order chi connectivity index (χ0) is 16.9. The molecule has 0 radical (unpaired) electrons. The van der Waals surface area contributed by atoms with Crippen LogP contribution in [0.5, 0.6) is 0 Å². The third-order valence-electron chi connectivity index (χ3n) is 3.69. The van der Waals surface area contributed by atoms with Crippen LogP contribution in [-0.4, -0.2) is 62.8 Å². The van der Waals surface area contributed by atoms with Gasteiger partial charge in [0.15, 0.2) is 0 Å². The zero-order valence-corrected chi connectivity index (χ0v) is 13.8. The largest absolute Gasteiger partial charge is 0.355 e. The minimum atomic E-state index is -3.55. The van der Waals surface area contributed by atoms with Gasteiger partial charge in [-0.1, -0.05) is 0 Å². The van der Waals surface area contributed by atoms with Crippen LogP contribution in [0.25, 0.3) is 0 Å². The van der Waals surface area contributed by atoms with E-state index in [1.54, 1.807) is 0 Å². The van der Waals surface area contributed by atoms with E-state index in [4.69, 9.17) is 5.26 Å². The van der Waals surface area contributed by atoms with Crippen LogP contribution in [0.2, 0.25) is 0 Å². The van der Waals surface area contributed by atoms with Gasteiger partial charge in [0.1, 0.15) is 0 Å². The van der Waals surface area contributed by atoms with Crippen molar-refractivity contribution in [1.82, 2.24) is 14.5 Å². The van der Waals surface area contributed by atoms with E-state index in [1.165, 1.54) is 28.6 Å². The number of hydrogen-bond acceptors (Lipinski definition) is 5. The Hall–Kier alpha value is -1.95. The SMILES string of the molecule is CCNC(=O)CN1CCN(S(=O)(=O)c2ccc(C#N)cc2)CC1. The zero-order valence-electron chi connectivity index (χ0n) is 13.0. The van der Waals surface area contributed by atoms with Crippen LogP contribution in [0.4, 0.5) is 0 Å². The van der Waals surface area contributed by atoms with Crippen LogP contribution >= 0.6 is 0 Å². The lowest BCUT2D eigenvalue weighted by atomic mass is 10.2. The highest BCUT2D eigenvalue weighted by molar-refractivity contribution is 7.89. The Labute approximate surface area is 136 Å². The van der Waals surface area contributed by atoms with Crippen molar-refractivity contribution >= 4 is 15.9 Å². The van der Waals surface area contributed by atoms with Gasteiger partial charge in [-0.25, -0.2) is 8.42 Å². The quantitative estimate of drug-likeness (QED) is 0.817. The number of nitrogens with one attached hydrogen (secondary N) is 1. The molecule has 1 heterocycles. The van der Waals surface area contributed by atoms with Crippen molar-refractivity contribution in [2.45, 2.75) is 11.8 Å². The topological polar surface area (TPSA) is 93.5 Å². The van der Waals surface area contributed by atoms with Gasteiger partial charge in [-0.3, -0.25) is 9.69 Å². The predicted octanol–water partition coefficient (Wildman–Crippen LogP) is 0.000680. The van der Waals surface area contributed by atoms with Crippen LogP contribution < -0.4 is 5.32 Å². The number of piperazine rings is 1. The second kappa shape index (κ2) is 7.55. The molecule has 0 spiro atoms. The predicted molar refractivity (Wildman–Crippen MR) is 85.0 cm³/mol. The Balaban J connectivity index is 1.98. The smallest absolute Gasteiger partial charge is 0.243 e. The van der Waals surface area contributed by atoms with Crippen molar-refractivity contribution in [2.24, 2.45) is 0 Å². The lowest BCUT2D eigenvalue weighted by Gasteiger charge is -2.33. The summed E-state index contributed by atoms with van der Waals surface area (Å²) in [7, 11) is -3.55. The van der Waals surface area contributed by atoms with Crippen LogP contribution in [0.3, 0.4) is 0 Å². The molecular weight excluding hydrogens is 316 g/mol. The minimum Gasteiger partial charge on any atom is -0.355 e. The van der Waals surface area contributed by atoms with Gasteiger partial charge in [0.05, 0.1) is 23.1 Å². The first-order valence-corrected chi connectivity index (χ1v) is 8.90. The first-order chi connectivity index (χ1) is 11.0. The molecule has 1 aliphatic rings. The summed E-state index contributed by atoms with van der Waals surface area (Å²) in [6, 6.07) is 7.87. The third-order valence-corrected chi connectivity index (χ3v) is 5.61. The maximum Gasteiger partial charge on any atom is 0.243 e. The maximum atomic E-state index is 12.6. The molecule has 1 saturated heterocycles. The Bertz CT molecular complexity index is 686. The number of carbonyl (C=O) groups is 1. The minimum absolute atomic E-state index is 0.0455. The molecule has 0 bridgehead atoms. The molecule has 0 aliphatic carbocycles. The molecule has 7 nitrogen and oxygen atoms in total. The van der Waals surface area contributed by atoms with Crippen LogP contribution in [-0.2, 0) is 14.8 Å². The molecule has 0 aromatic heterocycles. The number of nitrogens with zero attached hydrogens (tertiary/aromatic N) is 3. The van der Waals surface area contributed by atoms with E-state index in [1.807, 2.05) is 17.9 Å². The molecule has 1 fully saturated rings. The molecule has 1 amide bonds. The Kier molecular flexibility index (Phi) is 5.71. The molecule has 23 heavy (non-hydrogen) atoms. The van der Waals surface area contributed by atoms with Crippen LogP contribution in [0, 0.1) is 11.3 Å². The fourth-order valence-electron chi connectivity index (χ4n) is 2.43. The summed E-state index contributed by atoms with van der Waals surface area (Å²) in [5, 5.41) is 11.5. The van der Waals surface area contributed by atoms with E-state index in [0.29, 0.717) is 44.8 Å². The van der Waals surface area contributed by atoms with Crippen molar-refractivity contribution < 1.29 is 13.2 Å². The molecule has 1 aromatic rings. The van der Waals surface area contributed by atoms with Gasteiger partial charge in [-0.2, -0.15) is 9.57 Å². The van der Waals surface area contributed by atoms with Crippen LogP contribution in [0.1, 0.15) is 12.5 Å². The molecule has 1 aromatic carbocycles. The van der Waals surface area contributed by atoms with E-state index in [0.717, 1.165) is 0 Å². The summed E-state index contributed by atoms with van der Waals surface area (Å²) in [6.45, 7) is 4.48. The Morgan fingerprint density at radius 1 is 1.22 bits per heavy atom. The highest BCUT2D eigenvalue weighted by Crippen LogP contribution is 2.18. The molecule has 1 aliphatic heterocycles. The van der Waals surface area contributed by atoms with Crippen LogP contribution in [0.15, 0.2) is 29.2 Å². The molecule has 8 heteroatoms. The highest BCUT2D eigenvalue weighted by Gasteiger charge is 2.28. The van der Waals surface area contributed by atoms with Gasteiger partial charge in [-0.15, -0.1) is 0 Å². The second-order valence-corrected chi connectivity index (χ2v) is 7.21. The number of rotatable bonds is 5. The number of amides is 1. The second-order valence-electron chi connectivity index (χ2n) is 5.27. The number of hydrogen-bond donors (Lipinski definition) is 1. The molecule has 0 unspecified atom stereocenters. The van der Waals surface area contributed by atoms with Gasteiger partial charge >= 0.3 is 0 Å². The van der Waals surface area contributed by atoms with E-state index in [2.05, 4.69) is 5.32 Å². The monoisotopic (exact) mass is 336 g/mol. The summed E-state index contributed by atoms with van der Waals surface area (Å²) < 4.78 is 26.5. The van der Waals surface area contributed by atoms with Gasteiger partial charge in [-0.05, 0) is 31.2 Å². The number of sulfonamides is 1. The van der Waals surface area contributed by atoms with Crippen molar-refractivity contribution in [1.29, 1.82) is 5.26 Å². The van der Waals surface area contributed by atoms with E-state index >= 15 is 0 Å². The van der Waals surface area contributed by atoms with Gasteiger partial charge in [0.2, 0.25) is 15.9 Å². The summed E-state index contributed by atoms with van der Waals surface area (Å²) >= 11 is 0. The fourth-order valence-corrected chi connectivity index (χ4v) is 3.86. The number of carbonyl (C=O) groups excluding carboxylic acids is 1. The standard InChI is InChI=1S/C15H20N4O3S/c1-2-17-15(20)12-18-7-9-19(10-8-18)23(21,22)14-5-3-13(11-16)4-6-14/h3-6H,2,7-10,12H2,1H3,(H,17,20). The first-order valence-electron chi connectivity index (χ1n) is 7.46. The molecule has 2 rings (SSSR count). The molecular formula is C15H20N4O3S.